The number of hydrogen-bond acceptors (Lipinski definition) is 5. The summed E-state index contributed by atoms with van der Waals surface area (Å²) in [5.41, 5.74) is 1.92. The highest BCUT2D eigenvalue weighted by atomic mass is 19.4. The summed E-state index contributed by atoms with van der Waals surface area (Å²) in [6, 6.07) is 11.7. The molecule has 30 heavy (non-hydrogen) atoms. The minimum Gasteiger partial charge on any atom is -0.455 e. The van der Waals surface area contributed by atoms with Crippen LogP contribution in [0, 0.1) is 17.0 Å². The third kappa shape index (κ3) is 4.72. The van der Waals surface area contributed by atoms with E-state index in [1.54, 1.807) is 25.1 Å². The topological polar surface area (TPSA) is 97.7 Å². The Labute approximate surface area is 168 Å². The third-order valence-corrected chi connectivity index (χ3v) is 4.13. The summed E-state index contributed by atoms with van der Waals surface area (Å²) in [5, 5.41) is 14.7. The molecule has 1 aromatic heterocycles. The van der Waals surface area contributed by atoms with Gasteiger partial charge >= 0.3 is 6.18 Å². The van der Waals surface area contributed by atoms with E-state index in [-0.39, 0.29) is 17.0 Å². The first-order chi connectivity index (χ1) is 14.1. The predicted octanol–water partition coefficient (Wildman–Crippen LogP) is 4.95. The molecule has 3 aromatic rings. The van der Waals surface area contributed by atoms with Crippen molar-refractivity contribution in [3.05, 3.63) is 87.2 Å². The number of halogens is 3. The van der Waals surface area contributed by atoms with Crippen LogP contribution in [0.4, 0.5) is 18.9 Å². The van der Waals surface area contributed by atoms with E-state index in [2.05, 4.69) is 10.5 Å². The lowest BCUT2D eigenvalue weighted by Gasteiger charge is -2.07. The van der Waals surface area contributed by atoms with E-state index in [0.717, 1.165) is 24.4 Å². The van der Waals surface area contributed by atoms with Crippen LogP contribution in [0.5, 0.6) is 0 Å². The summed E-state index contributed by atoms with van der Waals surface area (Å²) < 4.78 is 43.7. The smallest absolute Gasteiger partial charge is 0.416 e. The monoisotopic (exact) mass is 417 g/mol. The molecule has 0 aliphatic heterocycles. The molecule has 0 spiro atoms. The summed E-state index contributed by atoms with van der Waals surface area (Å²) in [6.07, 6.45) is -3.40. The number of aryl methyl sites for hydroxylation is 1. The minimum absolute atomic E-state index is 0.0486. The quantitative estimate of drug-likeness (QED) is 0.361. The maximum atomic E-state index is 12.7. The Morgan fingerprint density at radius 2 is 1.93 bits per heavy atom. The van der Waals surface area contributed by atoms with Crippen LogP contribution in [0.2, 0.25) is 0 Å². The number of amides is 1. The van der Waals surface area contributed by atoms with Crippen LogP contribution in [0.25, 0.3) is 11.3 Å². The van der Waals surface area contributed by atoms with Crippen molar-refractivity contribution in [1.29, 1.82) is 0 Å². The molecule has 0 aliphatic rings. The number of carbonyl (C=O) groups excluding carboxylic acids is 1. The Morgan fingerprint density at radius 1 is 1.17 bits per heavy atom. The second-order valence-corrected chi connectivity index (χ2v) is 6.24. The lowest BCUT2D eigenvalue weighted by atomic mass is 10.1. The molecule has 3 rings (SSSR count). The Bertz CT molecular complexity index is 1140. The molecule has 154 valence electrons. The lowest BCUT2D eigenvalue weighted by Crippen LogP contribution is -2.18. The fourth-order valence-corrected chi connectivity index (χ4v) is 2.59. The number of hydrogen-bond donors (Lipinski definition) is 1. The number of nitrogens with zero attached hydrogens (tertiary/aromatic N) is 2. The normalized spacial score (nSPS) is 11.6. The zero-order chi connectivity index (χ0) is 21.9. The number of nitro benzene ring substituents is 1. The van der Waals surface area contributed by atoms with Crippen molar-refractivity contribution in [3.63, 3.8) is 0 Å². The van der Waals surface area contributed by atoms with Crippen LogP contribution in [-0.4, -0.2) is 17.0 Å². The van der Waals surface area contributed by atoms with Gasteiger partial charge in [0.15, 0.2) is 0 Å². The molecule has 2 aromatic carbocycles. The average molecular weight is 417 g/mol. The first kappa shape index (κ1) is 20.8. The standard InChI is InChI=1S/C20H14F3N3O4/c1-12-5-6-13(10-17(12)26(28)29)18-8-7-16(30-18)11-24-25-19(27)14-3-2-4-15(9-14)20(21,22)23/h2-11H,1H3,(H,25,27)/b24-11-. The van der Waals surface area contributed by atoms with E-state index in [0.29, 0.717) is 16.9 Å². The number of carbonyl (C=O) groups is 1. The molecule has 0 atom stereocenters. The molecule has 0 saturated carbocycles. The number of hydrazone groups is 1. The van der Waals surface area contributed by atoms with Crippen LogP contribution in [0.1, 0.15) is 27.2 Å². The molecule has 1 heterocycles. The summed E-state index contributed by atoms with van der Waals surface area (Å²) >= 11 is 0. The first-order valence-electron chi connectivity index (χ1n) is 8.51. The average Bonchev–Trinajstić information content (AvgIpc) is 3.16. The van der Waals surface area contributed by atoms with E-state index in [1.807, 2.05) is 0 Å². The second kappa shape index (κ2) is 8.19. The van der Waals surface area contributed by atoms with Crippen molar-refractivity contribution >= 4 is 17.8 Å². The molecule has 1 amide bonds. The van der Waals surface area contributed by atoms with E-state index < -0.39 is 22.6 Å². The van der Waals surface area contributed by atoms with Gasteiger partial charge < -0.3 is 4.42 Å². The van der Waals surface area contributed by atoms with Gasteiger partial charge in [-0.3, -0.25) is 14.9 Å². The molecule has 0 unspecified atom stereocenters. The summed E-state index contributed by atoms with van der Waals surface area (Å²) in [4.78, 5) is 22.6. The maximum Gasteiger partial charge on any atom is 0.416 e. The van der Waals surface area contributed by atoms with Gasteiger partial charge in [-0.05, 0) is 37.3 Å². The van der Waals surface area contributed by atoms with E-state index in [4.69, 9.17) is 4.42 Å². The van der Waals surface area contributed by atoms with Crippen LogP contribution in [0.15, 0.2) is 64.1 Å². The van der Waals surface area contributed by atoms with Crippen molar-refractivity contribution in [2.45, 2.75) is 13.1 Å². The van der Waals surface area contributed by atoms with Gasteiger partial charge in [0, 0.05) is 22.8 Å². The Balaban J connectivity index is 1.70. The zero-order valence-electron chi connectivity index (χ0n) is 15.4. The van der Waals surface area contributed by atoms with Gasteiger partial charge in [0.2, 0.25) is 0 Å². The van der Waals surface area contributed by atoms with Crippen LogP contribution in [-0.2, 0) is 6.18 Å². The minimum atomic E-state index is -4.56. The number of nitro groups is 1. The molecule has 10 heteroatoms. The fourth-order valence-electron chi connectivity index (χ4n) is 2.59. The van der Waals surface area contributed by atoms with Gasteiger partial charge in [0.1, 0.15) is 11.5 Å². The van der Waals surface area contributed by atoms with Crippen molar-refractivity contribution in [2.24, 2.45) is 5.10 Å². The number of benzene rings is 2. The summed E-state index contributed by atoms with van der Waals surface area (Å²) in [7, 11) is 0. The van der Waals surface area contributed by atoms with Gasteiger partial charge in [-0.25, -0.2) is 5.43 Å². The molecule has 1 N–H and O–H groups in total. The van der Waals surface area contributed by atoms with Gasteiger partial charge in [-0.2, -0.15) is 18.3 Å². The number of nitrogens with one attached hydrogen (secondary N) is 1. The van der Waals surface area contributed by atoms with E-state index in [1.165, 1.54) is 18.2 Å². The Hall–Kier alpha value is -3.95. The zero-order valence-corrected chi connectivity index (χ0v) is 15.4. The molecule has 0 fully saturated rings. The molecule has 0 radical (unpaired) electrons. The van der Waals surface area contributed by atoms with Crippen molar-refractivity contribution in [3.8, 4) is 11.3 Å². The van der Waals surface area contributed by atoms with Gasteiger partial charge in [0.05, 0.1) is 16.7 Å². The van der Waals surface area contributed by atoms with Gasteiger partial charge in [-0.15, -0.1) is 0 Å². The van der Waals surface area contributed by atoms with E-state index in [9.17, 15) is 28.1 Å². The summed E-state index contributed by atoms with van der Waals surface area (Å²) in [6.45, 7) is 1.62. The lowest BCUT2D eigenvalue weighted by molar-refractivity contribution is -0.385. The molecule has 7 nitrogen and oxygen atoms in total. The Kier molecular flexibility index (Phi) is 5.67. The largest absolute Gasteiger partial charge is 0.455 e. The maximum absolute atomic E-state index is 12.7. The predicted molar refractivity (Wildman–Crippen MR) is 102 cm³/mol. The molecular weight excluding hydrogens is 403 g/mol. The van der Waals surface area contributed by atoms with Crippen molar-refractivity contribution < 1.29 is 27.3 Å². The highest BCUT2D eigenvalue weighted by Crippen LogP contribution is 2.30. The second-order valence-electron chi connectivity index (χ2n) is 6.24. The van der Waals surface area contributed by atoms with Gasteiger partial charge in [0.25, 0.3) is 11.6 Å². The van der Waals surface area contributed by atoms with Crippen LogP contribution >= 0.6 is 0 Å². The van der Waals surface area contributed by atoms with Crippen molar-refractivity contribution in [2.75, 3.05) is 0 Å². The van der Waals surface area contributed by atoms with Crippen LogP contribution < -0.4 is 5.43 Å². The molecule has 0 bridgehead atoms. The molecule has 0 saturated heterocycles. The fraction of sp³-hybridized carbons (Fsp3) is 0.100. The van der Waals surface area contributed by atoms with Gasteiger partial charge in [-0.1, -0.05) is 18.2 Å². The number of rotatable bonds is 5. The highest BCUT2D eigenvalue weighted by Gasteiger charge is 2.30. The third-order valence-electron chi connectivity index (χ3n) is 4.13. The Morgan fingerprint density at radius 3 is 2.63 bits per heavy atom. The summed E-state index contributed by atoms with van der Waals surface area (Å²) in [5.74, 6) is -0.236. The number of furan rings is 1. The van der Waals surface area contributed by atoms with Crippen LogP contribution in [0.3, 0.4) is 0 Å². The first-order valence-corrected chi connectivity index (χ1v) is 8.51. The molecular formula is C20H14F3N3O4. The van der Waals surface area contributed by atoms with E-state index >= 15 is 0 Å². The highest BCUT2D eigenvalue weighted by molar-refractivity contribution is 5.95. The SMILES string of the molecule is Cc1ccc(-c2ccc(/C=N\NC(=O)c3cccc(C(F)(F)F)c3)o2)cc1[N+](=O)[O-]. The van der Waals surface area contributed by atoms with Crippen molar-refractivity contribution in [1.82, 2.24) is 5.43 Å². The number of alkyl halides is 3. The molecule has 0 aliphatic carbocycles.